The summed E-state index contributed by atoms with van der Waals surface area (Å²) in [5.41, 5.74) is 4.10. The second-order valence-electron chi connectivity index (χ2n) is 7.14. The maximum atomic E-state index is 12.8. The number of carbonyl (C=O) groups is 1. The monoisotopic (exact) mass is 375 g/mol. The van der Waals surface area contributed by atoms with E-state index in [4.69, 9.17) is 0 Å². The molecule has 1 aromatic heterocycles. The van der Waals surface area contributed by atoms with Crippen molar-refractivity contribution in [2.75, 3.05) is 6.54 Å². The van der Waals surface area contributed by atoms with Crippen LogP contribution in [0.25, 0.3) is 0 Å². The Morgan fingerprint density at radius 2 is 2.04 bits per heavy atom. The fourth-order valence-corrected chi connectivity index (χ4v) is 3.55. The molecule has 1 aromatic carbocycles. The molecule has 5 heteroatoms. The van der Waals surface area contributed by atoms with Crippen molar-refractivity contribution in [3.8, 4) is 0 Å². The van der Waals surface area contributed by atoms with Crippen molar-refractivity contribution >= 4 is 21.8 Å². The van der Waals surface area contributed by atoms with Crippen LogP contribution in [0.15, 0.2) is 28.9 Å². The smallest absolute Gasteiger partial charge is 0.257 e. The molecule has 0 fully saturated rings. The van der Waals surface area contributed by atoms with E-state index in [9.17, 15) is 4.79 Å². The van der Waals surface area contributed by atoms with E-state index >= 15 is 0 Å². The molecule has 0 N–H and O–H groups in total. The molecule has 0 saturated carbocycles. The number of aryl methyl sites for hydroxylation is 1. The Morgan fingerprint density at radius 3 is 2.70 bits per heavy atom. The number of rotatable bonds is 2. The van der Waals surface area contributed by atoms with Crippen LogP contribution < -0.4 is 0 Å². The van der Waals surface area contributed by atoms with Crippen LogP contribution in [-0.4, -0.2) is 27.1 Å². The fraction of sp³-hybridized carbons (Fsp3) is 0.444. The van der Waals surface area contributed by atoms with Gasteiger partial charge in [-0.15, -0.1) is 0 Å². The molecule has 0 radical (unpaired) electrons. The molecule has 1 aliphatic heterocycles. The summed E-state index contributed by atoms with van der Waals surface area (Å²) in [6.45, 7) is 9.81. The molecular weight excluding hydrogens is 354 g/mol. The third-order valence-electron chi connectivity index (χ3n) is 4.31. The lowest BCUT2D eigenvalue weighted by molar-refractivity contribution is 0.0723. The van der Waals surface area contributed by atoms with Crippen LogP contribution in [0.3, 0.4) is 0 Å². The number of aromatic nitrogens is 2. The quantitative estimate of drug-likeness (QED) is 0.797. The predicted octanol–water partition coefficient (Wildman–Crippen LogP) is 3.91. The highest BCUT2D eigenvalue weighted by Gasteiger charge is 2.31. The largest absolute Gasteiger partial charge is 0.334 e. The highest BCUT2D eigenvalue weighted by atomic mass is 79.9. The van der Waals surface area contributed by atoms with Gasteiger partial charge in [0.25, 0.3) is 5.91 Å². The van der Waals surface area contributed by atoms with Crippen molar-refractivity contribution in [2.45, 2.75) is 46.2 Å². The maximum absolute atomic E-state index is 12.8. The van der Waals surface area contributed by atoms with Gasteiger partial charge in [0, 0.05) is 24.0 Å². The minimum absolute atomic E-state index is 0.0871. The van der Waals surface area contributed by atoms with Gasteiger partial charge in [-0.25, -0.2) is 0 Å². The zero-order chi connectivity index (χ0) is 16.8. The number of amides is 1. The summed E-state index contributed by atoms with van der Waals surface area (Å²) in [6, 6.07) is 6.20. The van der Waals surface area contributed by atoms with Crippen molar-refractivity contribution in [3.63, 3.8) is 0 Å². The zero-order valence-electron chi connectivity index (χ0n) is 14.1. The molecule has 2 aromatic rings. The normalized spacial score (nSPS) is 15.0. The summed E-state index contributed by atoms with van der Waals surface area (Å²) < 4.78 is 3.06. The first-order valence-electron chi connectivity index (χ1n) is 7.89. The molecule has 1 aliphatic rings. The first-order chi connectivity index (χ1) is 10.8. The highest BCUT2D eigenvalue weighted by Crippen LogP contribution is 2.26. The van der Waals surface area contributed by atoms with Crippen LogP contribution in [0, 0.1) is 6.92 Å². The molecule has 122 valence electrons. The van der Waals surface area contributed by atoms with Crippen molar-refractivity contribution in [1.82, 2.24) is 14.7 Å². The van der Waals surface area contributed by atoms with Crippen LogP contribution in [0.4, 0.5) is 0 Å². The summed E-state index contributed by atoms with van der Waals surface area (Å²) >= 11 is 3.48. The van der Waals surface area contributed by atoms with Gasteiger partial charge in [-0.05, 0) is 51.0 Å². The van der Waals surface area contributed by atoms with E-state index in [0.717, 1.165) is 28.7 Å². The van der Waals surface area contributed by atoms with Gasteiger partial charge in [-0.3, -0.25) is 9.48 Å². The highest BCUT2D eigenvalue weighted by molar-refractivity contribution is 9.10. The minimum atomic E-state index is -0.0989. The first-order valence-corrected chi connectivity index (χ1v) is 8.68. The van der Waals surface area contributed by atoms with Gasteiger partial charge in [0.2, 0.25) is 0 Å². The van der Waals surface area contributed by atoms with E-state index in [0.29, 0.717) is 6.54 Å². The van der Waals surface area contributed by atoms with Crippen molar-refractivity contribution in [3.05, 3.63) is 51.3 Å². The Hall–Kier alpha value is -1.62. The topological polar surface area (TPSA) is 38.1 Å². The van der Waals surface area contributed by atoms with E-state index in [2.05, 4.69) is 60.9 Å². The molecule has 0 spiro atoms. The average molecular weight is 376 g/mol. The number of benzene rings is 1. The van der Waals surface area contributed by atoms with Gasteiger partial charge >= 0.3 is 0 Å². The Kier molecular flexibility index (Phi) is 4.08. The lowest BCUT2D eigenvalue weighted by Gasteiger charge is -2.30. The molecule has 4 nitrogen and oxygen atoms in total. The molecule has 0 unspecified atom stereocenters. The van der Waals surface area contributed by atoms with Crippen molar-refractivity contribution in [2.24, 2.45) is 0 Å². The van der Waals surface area contributed by atoms with E-state index in [1.54, 1.807) is 6.20 Å². The number of fused-ring (bicyclic) bond motifs is 1. The number of carbonyl (C=O) groups excluding carboxylic acids is 1. The van der Waals surface area contributed by atoms with Gasteiger partial charge in [0.1, 0.15) is 0 Å². The number of hydrogen-bond acceptors (Lipinski definition) is 2. The average Bonchev–Trinajstić information content (AvgIpc) is 2.89. The van der Waals surface area contributed by atoms with Crippen LogP contribution in [0.2, 0.25) is 0 Å². The second-order valence-corrected chi connectivity index (χ2v) is 8.05. The Balaban J connectivity index is 1.86. The van der Waals surface area contributed by atoms with Crippen LogP contribution in [-0.2, 0) is 18.5 Å². The molecule has 0 saturated heterocycles. The minimum Gasteiger partial charge on any atom is -0.334 e. The summed E-state index contributed by atoms with van der Waals surface area (Å²) in [4.78, 5) is 14.7. The van der Waals surface area contributed by atoms with E-state index in [1.165, 1.54) is 11.1 Å². The van der Waals surface area contributed by atoms with Gasteiger partial charge in [0.15, 0.2) is 0 Å². The summed E-state index contributed by atoms with van der Waals surface area (Å²) in [7, 11) is 0. The van der Waals surface area contributed by atoms with E-state index < -0.39 is 0 Å². The fourth-order valence-electron chi connectivity index (χ4n) is 3.08. The number of hydrogen-bond donors (Lipinski definition) is 0. The molecule has 3 rings (SSSR count). The maximum Gasteiger partial charge on any atom is 0.257 e. The summed E-state index contributed by atoms with van der Waals surface area (Å²) in [6.07, 6.45) is 2.58. The molecule has 0 atom stereocenters. The Morgan fingerprint density at radius 1 is 1.30 bits per heavy atom. The summed E-state index contributed by atoms with van der Waals surface area (Å²) in [5, 5.41) is 4.45. The molecule has 23 heavy (non-hydrogen) atoms. The number of halogens is 1. The zero-order valence-corrected chi connectivity index (χ0v) is 15.6. The second kappa shape index (κ2) is 5.78. The van der Waals surface area contributed by atoms with Crippen LogP contribution in [0.5, 0.6) is 0 Å². The van der Waals surface area contributed by atoms with Gasteiger partial charge in [-0.2, -0.15) is 5.10 Å². The molecule has 2 heterocycles. The SMILES string of the molecule is Cc1cc(Br)ccc1CN1CCc2c(cnn2C(C)(C)C)C1=O. The number of nitrogens with zero attached hydrogens (tertiary/aromatic N) is 3. The Bertz CT molecular complexity index is 758. The van der Waals surface area contributed by atoms with Crippen LogP contribution in [0.1, 0.15) is 48.0 Å². The lowest BCUT2D eigenvalue weighted by atomic mass is 10.0. The van der Waals surface area contributed by atoms with Gasteiger partial charge < -0.3 is 4.90 Å². The van der Waals surface area contributed by atoms with E-state index in [1.807, 2.05) is 15.6 Å². The van der Waals surface area contributed by atoms with Gasteiger partial charge in [0.05, 0.1) is 23.0 Å². The predicted molar refractivity (Wildman–Crippen MR) is 94.5 cm³/mol. The molecular formula is C18H22BrN3O. The van der Waals surface area contributed by atoms with Crippen molar-refractivity contribution in [1.29, 1.82) is 0 Å². The first kappa shape index (κ1) is 16.2. The third kappa shape index (κ3) is 3.07. The lowest BCUT2D eigenvalue weighted by Crippen LogP contribution is -2.38. The third-order valence-corrected chi connectivity index (χ3v) is 4.80. The summed E-state index contributed by atoms with van der Waals surface area (Å²) in [5.74, 6) is 0.0871. The van der Waals surface area contributed by atoms with Crippen LogP contribution >= 0.6 is 15.9 Å². The molecule has 0 bridgehead atoms. The Labute approximate surface area is 145 Å². The van der Waals surface area contributed by atoms with Crippen molar-refractivity contribution < 1.29 is 4.79 Å². The molecule has 1 amide bonds. The van der Waals surface area contributed by atoms with Gasteiger partial charge in [-0.1, -0.05) is 22.0 Å². The molecule has 0 aliphatic carbocycles. The van der Waals surface area contributed by atoms with E-state index in [-0.39, 0.29) is 11.4 Å². The standard InChI is InChI=1S/C18H22BrN3O/c1-12-9-14(19)6-5-13(12)11-21-8-7-16-15(17(21)23)10-20-22(16)18(2,3)4/h5-6,9-10H,7-8,11H2,1-4H3.